The third kappa shape index (κ3) is 3.61. The third-order valence-corrected chi connectivity index (χ3v) is 3.00. The van der Waals surface area contributed by atoms with E-state index in [4.69, 9.17) is 14.2 Å². The highest BCUT2D eigenvalue weighted by molar-refractivity contribution is 5.99. The van der Waals surface area contributed by atoms with Gasteiger partial charge >= 0.3 is 0 Å². The lowest BCUT2D eigenvalue weighted by Gasteiger charge is -2.13. The molecule has 2 aromatic rings. The number of hydrogen-bond donors (Lipinski definition) is 0. The van der Waals surface area contributed by atoms with Gasteiger partial charge in [-0.2, -0.15) is 0 Å². The Kier molecular flexibility index (Phi) is 4.95. The van der Waals surface area contributed by atoms with Crippen LogP contribution in [0, 0.1) is 0 Å². The zero-order chi connectivity index (χ0) is 15.2. The second-order valence-electron chi connectivity index (χ2n) is 4.57. The van der Waals surface area contributed by atoms with E-state index < -0.39 is 0 Å². The van der Waals surface area contributed by atoms with Gasteiger partial charge in [0.1, 0.15) is 22.8 Å². The van der Waals surface area contributed by atoms with E-state index in [0.717, 1.165) is 5.56 Å². The molecule has 0 amide bonds. The van der Waals surface area contributed by atoms with Gasteiger partial charge in [-0.25, -0.2) is 0 Å². The smallest absolute Gasteiger partial charge is 0.167 e. The van der Waals surface area contributed by atoms with Crippen molar-refractivity contribution in [3.05, 3.63) is 53.6 Å². The second kappa shape index (κ2) is 6.90. The van der Waals surface area contributed by atoms with Crippen LogP contribution < -0.4 is 9.47 Å². The molecule has 21 heavy (non-hydrogen) atoms. The van der Waals surface area contributed by atoms with Gasteiger partial charge in [0.2, 0.25) is 0 Å². The third-order valence-electron chi connectivity index (χ3n) is 3.00. The highest BCUT2D eigenvalue weighted by Crippen LogP contribution is 2.32. The molecule has 4 nitrogen and oxygen atoms in total. The number of benzene rings is 2. The lowest BCUT2D eigenvalue weighted by atomic mass is 10.1. The first-order chi connectivity index (χ1) is 10.2. The Morgan fingerprint density at radius 2 is 1.76 bits per heavy atom. The Labute approximate surface area is 124 Å². The molecule has 0 aliphatic rings. The van der Waals surface area contributed by atoms with Crippen LogP contribution in [0.1, 0.15) is 22.8 Å². The number of ether oxygens (including phenoxy) is 3. The monoisotopic (exact) mass is 286 g/mol. The minimum Gasteiger partial charge on any atom is -0.496 e. The number of hydrogen-bond acceptors (Lipinski definition) is 4. The average molecular weight is 286 g/mol. The summed E-state index contributed by atoms with van der Waals surface area (Å²) in [5, 5.41) is 0. The molecule has 2 aromatic carbocycles. The van der Waals surface area contributed by atoms with Crippen LogP contribution in [0.5, 0.6) is 17.2 Å². The van der Waals surface area contributed by atoms with Crippen LogP contribution in [-0.4, -0.2) is 20.0 Å². The number of rotatable bonds is 6. The Morgan fingerprint density at radius 3 is 2.43 bits per heavy atom. The molecule has 110 valence electrons. The zero-order valence-electron chi connectivity index (χ0n) is 12.4. The van der Waals surface area contributed by atoms with Gasteiger partial charge in [-0.15, -0.1) is 0 Å². The molecule has 0 aromatic heterocycles. The van der Waals surface area contributed by atoms with Crippen LogP contribution in [0.2, 0.25) is 0 Å². The van der Waals surface area contributed by atoms with E-state index in [-0.39, 0.29) is 5.78 Å². The van der Waals surface area contributed by atoms with Crippen molar-refractivity contribution in [1.29, 1.82) is 0 Å². The van der Waals surface area contributed by atoms with Crippen molar-refractivity contribution in [2.24, 2.45) is 0 Å². The van der Waals surface area contributed by atoms with Crippen LogP contribution in [0.25, 0.3) is 0 Å². The molecule has 0 unspecified atom stereocenters. The zero-order valence-corrected chi connectivity index (χ0v) is 12.4. The molecule has 0 N–H and O–H groups in total. The molecular weight excluding hydrogens is 268 g/mol. The molecule has 0 saturated heterocycles. The maximum absolute atomic E-state index is 11.8. The van der Waals surface area contributed by atoms with Crippen LogP contribution in [-0.2, 0) is 11.3 Å². The van der Waals surface area contributed by atoms with Gasteiger partial charge < -0.3 is 14.2 Å². The molecule has 0 radical (unpaired) electrons. The summed E-state index contributed by atoms with van der Waals surface area (Å²) >= 11 is 0. The molecule has 0 spiro atoms. The van der Waals surface area contributed by atoms with E-state index >= 15 is 0 Å². The fraction of sp³-hybridized carbons (Fsp3) is 0.235. The Bertz CT molecular complexity index is 634. The standard InChI is InChI=1S/C17H18O4/c1-12(18)17-15(20-3)8-5-9-16(17)21-14-7-4-6-13(10-14)11-19-2/h4-10H,11H2,1-3H3. The Balaban J connectivity index is 2.35. The first-order valence-corrected chi connectivity index (χ1v) is 6.59. The van der Waals surface area contributed by atoms with Gasteiger partial charge in [0.15, 0.2) is 5.78 Å². The molecule has 0 fully saturated rings. The molecule has 0 saturated carbocycles. The number of methoxy groups -OCH3 is 2. The predicted octanol–water partition coefficient (Wildman–Crippen LogP) is 3.84. The van der Waals surface area contributed by atoms with E-state index in [0.29, 0.717) is 29.4 Å². The van der Waals surface area contributed by atoms with Crippen LogP contribution in [0.3, 0.4) is 0 Å². The number of Topliss-reactive ketones (excluding diaryl/α,β-unsaturated/α-hetero) is 1. The van der Waals surface area contributed by atoms with Crippen molar-refractivity contribution < 1.29 is 19.0 Å². The highest BCUT2D eigenvalue weighted by atomic mass is 16.5. The van der Waals surface area contributed by atoms with Crippen molar-refractivity contribution in [3.63, 3.8) is 0 Å². The van der Waals surface area contributed by atoms with Crippen molar-refractivity contribution >= 4 is 5.78 Å². The van der Waals surface area contributed by atoms with Crippen LogP contribution in [0.15, 0.2) is 42.5 Å². The van der Waals surface area contributed by atoms with E-state index in [9.17, 15) is 4.79 Å². The minimum absolute atomic E-state index is 0.101. The van der Waals surface area contributed by atoms with Gasteiger partial charge in [0.25, 0.3) is 0 Å². The summed E-state index contributed by atoms with van der Waals surface area (Å²) in [6.07, 6.45) is 0. The van der Waals surface area contributed by atoms with Crippen molar-refractivity contribution in [1.82, 2.24) is 0 Å². The quantitative estimate of drug-likeness (QED) is 0.757. The van der Waals surface area contributed by atoms with E-state index in [1.54, 1.807) is 25.3 Å². The van der Waals surface area contributed by atoms with Crippen molar-refractivity contribution in [2.45, 2.75) is 13.5 Å². The van der Waals surface area contributed by atoms with E-state index in [2.05, 4.69) is 0 Å². The molecule has 0 bridgehead atoms. The highest BCUT2D eigenvalue weighted by Gasteiger charge is 2.15. The van der Waals surface area contributed by atoms with Gasteiger partial charge in [0, 0.05) is 7.11 Å². The molecule has 0 aliphatic carbocycles. The van der Waals surface area contributed by atoms with Gasteiger partial charge in [-0.05, 0) is 36.8 Å². The minimum atomic E-state index is -0.101. The summed E-state index contributed by atoms with van der Waals surface area (Å²) in [7, 11) is 3.17. The summed E-state index contributed by atoms with van der Waals surface area (Å²) in [6, 6.07) is 12.8. The summed E-state index contributed by atoms with van der Waals surface area (Å²) in [5.41, 5.74) is 1.44. The molecule has 4 heteroatoms. The molecule has 0 heterocycles. The summed E-state index contributed by atoms with van der Waals surface area (Å²) < 4.78 is 16.2. The molecule has 2 rings (SSSR count). The number of ketones is 1. The van der Waals surface area contributed by atoms with Gasteiger partial charge in [0.05, 0.1) is 13.7 Å². The summed E-state index contributed by atoms with van der Waals surface area (Å²) in [6.45, 7) is 2.00. The number of carbonyl (C=O) groups is 1. The van der Waals surface area contributed by atoms with Crippen molar-refractivity contribution in [3.8, 4) is 17.2 Å². The second-order valence-corrected chi connectivity index (χ2v) is 4.57. The van der Waals surface area contributed by atoms with E-state index in [1.807, 2.05) is 24.3 Å². The fourth-order valence-corrected chi connectivity index (χ4v) is 2.11. The van der Waals surface area contributed by atoms with Crippen molar-refractivity contribution in [2.75, 3.05) is 14.2 Å². The lowest BCUT2D eigenvalue weighted by molar-refractivity contribution is 0.101. The summed E-state index contributed by atoms with van der Waals surface area (Å²) in [4.78, 5) is 11.8. The van der Waals surface area contributed by atoms with Crippen LogP contribution in [0.4, 0.5) is 0 Å². The molecule has 0 aliphatic heterocycles. The molecular formula is C17H18O4. The Morgan fingerprint density at radius 1 is 1.05 bits per heavy atom. The lowest BCUT2D eigenvalue weighted by Crippen LogP contribution is -2.01. The normalized spacial score (nSPS) is 10.2. The maximum atomic E-state index is 11.8. The topological polar surface area (TPSA) is 44.8 Å². The molecule has 0 atom stereocenters. The summed E-state index contributed by atoms with van der Waals surface area (Å²) in [5.74, 6) is 1.54. The number of carbonyl (C=O) groups excluding carboxylic acids is 1. The van der Waals surface area contributed by atoms with Gasteiger partial charge in [-0.3, -0.25) is 4.79 Å². The predicted molar refractivity (Wildman–Crippen MR) is 80.2 cm³/mol. The average Bonchev–Trinajstić information content (AvgIpc) is 2.47. The van der Waals surface area contributed by atoms with E-state index in [1.165, 1.54) is 14.0 Å². The Hall–Kier alpha value is -2.33. The first-order valence-electron chi connectivity index (χ1n) is 6.59. The van der Waals surface area contributed by atoms with Gasteiger partial charge in [-0.1, -0.05) is 18.2 Å². The maximum Gasteiger partial charge on any atom is 0.167 e. The van der Waals surface area contributed by atoms with Crippen LogP contribution >= 0.6 is 0 Å². The largest absolute Gasteiger partial charge is 0.496 e. The SMILES string of the molecule is COCc1cccc(Oc2cccc(OC)c2C(C)=O)c1. The fourth-order valence-electron chi connectivity index (χ4n) is 2.11. The first kappa shape index (κ1) is 15.1.